The van der Waals surface area contributed by atoms with E-state index in [1.807, 2.05) is 19.3 Å². The highest BCUT2D eigenvalue weighted by molar-refractivity contribution is 6.31. The van der Waals surface area contributed by atoms with Crippen molar-refractivity contribution in [3.8, 4) is 0 Å². The Morgan fingerprint density at radius 3 is 2.94 bits per heavy atom. The van der Waals surface area contributed by atoms with Crippen molar-refractivity contribution in [2.45, 2.75) is 6.04 Å². The summed E-state index contributed by atoms with van der Waals surface area (Å²) in [5.74, 6) is -0.113. The molecule has 3 rings (SSSR count). The zero-order chi connectivity index (χ0) is 12.7. The fraction of sp³-hybridized carbons (Fsp3) is 0.167. The van der Waals surface area contributed by atoms with Crippen LogP contribution in [0.25, 0.3) is 0 Å². The normalized spacial score (nSPS) is 17.9. The summed E-state index contributed by atoms with van der Waals surface area (Å²) in [5.41, 5.74) is 2.39. The summed E-state index contributed by atoms with van der Waals surface area (Å²) in [6.07, 6.45) is 3.50. The highest BCUT2D eigenvalue weighted by atomic mass is 35.5. The molecule has 18 heavy (non-hydrogen) atoms. The molecule has 1 amide bonds. The number of hydrogen-bond acceptors (Lipinski definition) is 3. The second kappa shape index (κ2) is 4.03. The molecule has 1 aliphatic heterocycles. The molecule has 5 nitrogen and oxygen atoms in total. The van der Waals surface area contributed by atoms with Gasteiger partial charge in [0, 0.05) is 23.8 Å². The summed E-state index contributed by atoms with van der Waals surface area (Å²) in [5, 5.41) is 10.7. The fourth-order valence-electron chi connectivity index (χ4n) is 2.00. The number of benzene rings is 1. The van der Waals surface area contributed by atoms with Crippen molar-refractivity contribution in [3.63, 3.8) is 0 Å². The van der Waals surface area contributed by atoms with Crippen LogP contribution in [0.15, 0.2) is 30.6 Å². The smallest absolute Gasteiger partial charge is 0.251 e. The van der Waals surface area contributed by atoms with E-state index in [1.165, 1.54) is 0 Å². The Morgan fingerprint density at radius 1 is 1.39 bits per heavy atom. The molecular formula is C12H11ClN4O. The lowest BCUT2D eigenvalue weighted by Gasteiger charge is -2.26. The molecule has 2 heterocycles. The van der Waals surface area contributed by atoms with E-state index >= 15 is 0 Å². The van der Waals surface area contributed by atoms with Gasteiger partial charge in [-0.1, -0.05) is 11.6 Å². The van der Waals surface area contributed by atoms with Crippen LogP contribution in [0.1, 0.15) is 11.6 Å². The molecule has 92 valence electrons. The number of carbonyl (C=O) groups is 1. The van der Waals surface area contributed by atoms with Gasteiger partial charge in [0.15, 0.2) is 0 Å². The van der Waals surface area contributed by atoms with E-state index < -0.39 is 6.04 Å². The van der Waals surface area contributed by atoms with Crippen molar-refractivity contribution in [2.75, 3.05) is 10.6 Å². The van der Waals surface area contributed by atoms with E-state index in [4.69, 9.17) is 11.6 Å². The lowest BCUT2D eigenvalue weighted by molar-refractivity contribution is -0.117. The highest BCUT2D eigenvalue weighted by Crippen LogP contribution is 2.33. The molecule has 0 saturated heterocycles. The van der Waals surface area contributed by atoms with E-state index in [2.05, 4.69) is 15.7 Å². The Bertz CT molecular complexity index is 622. The molecule has 0 saturated carbocycles. The summed E-state index contributed by atoms with van der Waals surface area (Å²) in [6.45, 7) is 0. The van der Waals surface area contributed by atoms with Crippen molar-refractivity contribution < 1.29 is 4.79 Å². The van der Waals surface area contributed by atoms with Crippen LogP contribution in [0, 0.1) is 0 Å². The summed E-state index contributed by atoms with van der Waals surface area (Å²) in [6, 6.07) is 4.93. The van der Waals surface area contributed by atoms with E-state index in [9.17, 15) is 4.79 Å². The summed E-state index contributed by atoms with van der Waals surface area (Å²) in [7, 11) is 1.82. The third-order valence-corrected chi connectivity index (χ3v) is 3.09. The van der Waals surface area contributed by atoms with Crippen LogP contribution in [0.2, 0.25) is 5.02 Å². The van der Waals surface area contributed by atoms with Gasteiger partial charge >= 0.3 is 0 Å². The quantitative estimate of drug-likeness (QED) is 0.828. The number of hydrogen-bond donors (Lipinski definition) is 2. The summed E-state index contributed by atoms with van der Waals surface area (Å²) >= 11 is 5.89. The van der Waals surface area contributed by atoms with Gasteiger partial charge in [0.1, 0.15) is 6.04 Å². The molecule has 1 atom stereocenters. The number of nitrogens with zero attached hydrogens (tertiary/aromatic N) is 2. The number of carbonyl (C=O) groups excluding carboxylic acids is 1. The molecule has 2 N–H and O–H groups in total. The van der Waals surface area contributed by atoms with Gasteiger partial charge in [-0.2, -0.15) is 5.10 Å². The average Bonchev–Trinajstić information content (AvgIpc) is 2.74. The largest absolute Gasteiger partial charge is 0.368 e. The Labute approximate surface area is 109 Å². The van der Waals surface area contributed by atoms with Crippen molar-refractivity contribution in [1.29, 1.82) is 0 Å². The Balaban J connectivity index is 1.97. The molecule has 0 bridgehead atoms. The van der Waals surface area contributed by atoms with Gasteiger partial charge in [-0.05, 0) is 18.2 Å². The van der Waals surface area contributed by atoms with Crippen LogP contribution in [-0.4, -0.2) is 15.7 Å². The number of rotatable bonds is 1. The van der Waals surface area contributed by atoms with E-state index in [-0.39, 0.29) is 5.91 Å². The van der Waals surface area contributed by atoms with Gasteiger partial charge < -0.3 is 10.6 Å². The monoisotopic (exact) mass is 262 g/mol. The fourth-order valence-corrected chi connectivity index (χ4v) is 2.17. The minimum Gasteiger partial charge on any atom is -0.368 e. The Morgan fingerprint density at radius 2 is 2.22 bits per heavy atom. The molecule has 0 aliphatic carbocycles. The topological polar surface area (TPSA) is 59.0 Å². The third kappa shape index (κ3) is 1.82. The lowest BCUT2D eigenvalue weighted by Crippen LogP contribution is -2.31. The molecule has 0 radical (unpaired) electrons. The molecule has 1 unspecified atom stereocenters. The number of aryl methyl sites for hydroxylation is 1. The molecule has 0 spiro atoms. The van der Waals surface area contributed by atoms with Crippen LogP contribution < -0.4 is 10.6 Å². The average molecular weight is 263 g/mol. The van der Waals surface area contributed by atoms with Gasteiger partial charge in [0.25, 0.3) is 5.91 Å². The highest BCUT2D eigenvalue weighted by Gasteiger charge is 2.27. The molecule has 1 aromatic heterocycles. The predicted octanol–water partition coefficient (Wildman–Crippen LogP) is 2.18. The van der Waals surface area contributed by atoms with Crippen LogP contribution >= 0.6 is 11.6 Å². The summed E-state index contributed by atoms with van der Waals surface area (Å²) < 4.78 is 1.67. The molecule has 1 aliphatic rings. The zero-order valence-electron chi connectivity index (χ0n) is 9.64. The number of anilines is 2. The first kappa shape index (κ1) is 11.1. The molecular weight excluding hydrogens is 252 g/mol. The lowest BCUT2D eigenvalue weighted by atomic mass is 10.1. The van der Waals surface area contributed by atoms with E-state index in [0.29, 0.717) is 10.7 Å². The first-order valence-corrected chi connectivity index (χ1v) is 5.87. The minimum atomic E-state index is -0.424. The van der Waals surface area contributed by atoms with Crippen LogP contribution in [0.5, 0.6) is 0 Å². The molecule has 6 heteroatoms. The number of aromatic nitrogens is 2. The first-order chi connectivity index (χ1) is 8.63. The van der Waals surface area contributed by atoms with Gasteiger partial charge in [-0.15, -0.1) is 0 Å². The van der Waals surface area contributed by atoms with Gasteiger partial charge in [0.05, 0.1) is 17.6 Å². The SMILES string of the molecule is Cn1cc(C2Nc3ccc(Cl)cc3NC2=O)cn1. The first-order valence-electron chi connectivity index (χ1n) is 5.49. The number of halogens is 1. The predicted molar refractivity (Wildman–Crippen MR) is 69.7 cm³/mol. The van der Waals surface area contributed by atoms with Gasteiger partial charge in [-0.3, -0.25) is 9.48 Å². The van der Waals surface area contributed by atoms with Crippen molar-refractivity contribution in [3.05, 3.63) is 41.2 Å². The minimum absolute atomic E-state index is 0.113. The van der Waals surface area contributed by atoms with Crippen LogP contribution in [0.3, 0.4) is 0 Å². The molecule has 2 aromatic rings. The van der Waals surface area contributed by atoms with Crippen LogP contribution in [-0.2, 0) is 11.8 Å². The van der Waals surface area contributed by atoms with E-state index in [1.54, 1.807) is 23.0 Å². The third-order valence-electron chi connectivity index (χ3n) is 2.86. The van der Waals surface area contributed by atoms with E-state index in [0.717, 1.165) is 11.3 Å². The maximum absolute atomic E-state index is 12.0. The Kier molecular flexibility index (Phi) is 2.48. The second-order valence-corrected chi connectivity index (χ2v) is 4.64. The number of amides is 1. The Hall–Kier alpha value is -2.01. The standard InChI is InChI=1S/C12H11ClN4O/c1-17-6-7(5-14-17)11-12(18)16-10-4-8(13)2-3-9(10)15-11/h2-6,11,15H,1H3,(H,16,18). The van der Waals surface area contributed by atoms with Gasteiger partial charge in [-0.25, -0.2) is 0 Å². The maximum Gasteiger partial charge on any atom is 0.251 e. The van der Waals surface area contributed by atoms with Crippen molar-refractivity contribution in [1.82, 2.24) is 9.78 Å². The van der Waals surface area contributed by atoms with Crippen molar-refractivity contribution >= 4 is 28.9 Å². The van der Waals surface area contributed by atoms with Crippen LogP contribution in [0.4, 0.5) is 11.4 Å². The van der Waals surface area contributed by atoms with Crippen molar-refractivity contribution in [2.24, 2.45) is 7.05 Å². The second-order valence-electron chi connectivity index (χ2n) is 4.20. The molecule has 0 fully saturated rings. The van der Waals surface area contributed by atoms with Gasteiger partial charge in [0.2, 0.25) is 0 Å². The molecule has 1 aromatic carbocycles. The summed E-state index contributed by atoms with van der Waals surface area (Å²) in [4.78, 5) is 12.0. The maximum atomic E-state index is 12.0. The number of nitrogens with one attached hydrogen (secondary N) is 2. The number of fused-ring (bicyclic) bond motifs is 1. The zero-order valence-corrected chi connectivity index (χ0v) is 10.4.